The van der Waals surface area contributed by atoms with Crippen molar-refractivity contribution in [1.29, 1.82) is 0 Å². The van der Waals surface area contributed by atoms with E-state index in [1.165, 1.54) is 37.5 Å². The highest BCUT2D eigenvalue weighted by Crippen LogP contribution is 2.32. The molecule has 0 bridgehead atoms. The van der Waals surface area contributed by atoms with Crippen LogP contribution in [0.25, 0.3) is 0 Å². The standard InChI is InChI=1S/C19H17N3O7S/c1-10(17(24)20-12(9-15(23)29-2)14-7-4-8-30-14)21-18(25)11-5-3-6-13(22(27)28)16(11)19(21)26/h3-8,10,12H,9H2,1-2H3,(H,20,24). The quantitative estimate of drug-likeness (QED) is 0.307. The molecule has 30 heavy (non-hydrogen) atoms. The molecule has 0 spiro atoms. The van der Waals surface area contributed by atoms with Gasteiger partial charge in [0, 0.05) is 10.9 Å². The molecule has 2 aromatic rings. The zero-order valence-corrected chi connectivity index (χ0v) is 16.8. The number of benzene rings is 1. The van der Waals surface area contributed by atoms with Crippen LogP contribution < -0.4 is 5.32 Å². The lowest BCUT2D eigenvalue weighted by Gasteiger charge is -2.24. The van der Waals surface area contributed by atoms with E-state index in [0.29, 0.717) is 9.78 Å². The minimum absolute atomic E-state index is 0.127. The fraction of sp³-hybridized carbons (Fsp3) is 0.263. The van der Waals surface area contributed by atoms with Crippen LogP contribution >= 0.6 is 11.3 Å². The van der Waals surface area contributed by atoms with Crippen LogP contribution in [-0.4, -0.2) is 46.7 Å². The van der Waals surface area contributed by atoms with Gasteiger partial charge in [0.1, 0.15) is 11.6 Å². The average molecular weight is 431 g/mol. The van der Waals surface area contributed by atoms with Crippen LogP contribution in [0, 0.1) is 10.1 Å². The van der Waals surface area contributed by atoms with E-state index in [9.17, 15) is 29.3 Å². The Morgan fingerprint density at radius 1 is 1.23 bits per heavy atom. The fourth-order valence-corrected chi connectivity index (χ4v) is 3.94. The first-order valence-corrected chi connectivity index (χ1v) is 9.70. The van der Waals surface area contributed by atoms with E-state index in [4.69, 9.17) is 0 Å². The molecule has 0 saturated heterocycles. The summed E-state index contributed by atoms with van der Waals surface area (Å²) < 4.78 is 4.66. The molecule has 0 fully saturated rings. The minimum Gasteiger partial charge on any atom is -0.469 e. The van der Waals surface area contributed by atoms with Crippen molar-refractivity contribution in [2.45, 2.75) is 25.4 Å². The normalized spacial score (nSPS) is 14.8. The van der Waals surface area contributed by atoms with Gasteiger partial charge in [0.15, 0.2) is 0 Å². The number of esters is 1. The van der Waals surface area contributed by atoms with Gasteiger partial charge in [-0.1, -0.05) is 12.1 Å². The van der Waals surface area contributed by atoms with Gasteiger partial charge in [0.25, 0.3) is 17.5 Å². The SMILES string of the molecule is COC(=O)CC(NC(=O)C(C)N1C(=O)c2cccc([N+](=O)[O-])c2C1=O)c1cccs1. The molecule has 1 aliphatic heterocycles. The second-order valence-electron chi connectivity index (χ2n) is 6.47. The van der Waals surface area contributed by atoms with Gasteiger partial charge in [0.05, 0.1) is 30.1 Å². The van der Waals surface area contributed by atoms with Crippen molar-refractivity contribution in [2.24, 2.45) is 0 Å². The van der Waals surface area contributed by atoms with Gasteiger partial charge in [-0.3, -0.25) is 34.2 Å². The van der Waals surface area contributed by atoms with E-state index >= 15 is 0 Å². The number of nitro groups is 1. The lowest BCUT2D eigenvalue weighted by Crippen LogP contribution is -2.48. The highest BCUT2D eigenvalue weighted by atomic mass is 32.1. The van der Waals surface area contributed by atoms with Crippen molar-refractivity contribution >= 4 is 40.7 Å². The zero-order valence-electron chi connectivity index (χ0n) is 16.0. The van der Waals surface area contributed by atoms with Crippen molar-refractivity contribution in [2.75, 3.05) is 7.11 Å². The zero-order chi connectivity index (χ0) is 22.0. The van der Waals surface area contributed by atoms with E-state index in [-0.39, 0.29) is 17.5 Å². The smallest absolute Gasteiger partial charge is 0.307 e. The van der Waals surface area contributed by atoms with Gasteiger partial charge < -0.3 is 10.1 Å². The average Bonchev–Trinajstić information content (AvgIpc) is 3.34. The number of hydrogen-bond acceptors (Lipinski definition) is 8. The maximum absolute atomic E-state index is 12.8. The van der Waals surface area contributed by atoms with Crippen LogP contribution in [0.15, 0.2) is 35.7 Å². The number of methoxy groups -OCH3 is 1. The Morgan fingerprint density at radius 2 is 1.97 bits per heavy atom. The van der Waals surface area contributed by atoms with Crippen LogP contribution in [0.4, 0.5) is 5.69 Å². The largest absolute Gasteiger partial charge is 0.469 e. The van der Waals surface area contributed by atoms with Gasteiger partial charge >= 0.3 is 5.97 Å². The number of imide groups is 1. The Kier molecular flexibility index (Phi) is 5.92. The summed E-state index contributed by atoms with van der Waals surface area (Å²) in [6.45, 7) is 1.34. The van der Waals surface area contributed by atoms with E-state index in [2.05, 4.69) is 10.1 Å². The van der Waals surface area contributed by atoms with Crippen LogP contribution in [0.5, 0.6) is 0 Å². The molecule has 0 aliphatic carbocycles. The molecule has 2 heterocycles. The monoisotopic (exact) mass is 431 g/mol. The molecule has 1 aromatic heterocycles. The summed E-state index contributed by atoms with van der Waals surface area (Å²) in [4.78, 5) is 61.9. The first-order chi connectivity index (χ1) is 14.3. The molecule has 0 saturated carbocycles. The maximum atomic E-state index is 12.8. The predicted octanol–water partition coefficient (Wildman–Crippen LogP) is 2.06. The van der Waals surface area contributed by atoms with Gasteiger partial charge in [-0.2, -0.15) is 0 Å². The van der Waals surface area contributed by atoms with Gasteiger partial charge in [0.2, 0.25) is 5.91 Å². The van der Waals surface area contributed by atoms with Crippen LogP contribution in [0.2, 0.25) is 0 Å². The number of thiophene rings is 1. The summed E-state index contributed by atoms with van der Waals surface area (Å²) in [5.41, 5.74) is -0.960. The number of nitrogens with zero attached hydrogens (tertiary/aromatic N) is 2. The summed E-state index contributed by atoms with van der Waals surface area (Å²) in [7, 11) is 1.23. The Morgan fingerprint density at radius 3 is 2.57 bits per heavy atom. The van der Waals surface area contributed by atoms with E-state index < -0.39 is 46.4 Å². The Labute approximate surface area is 174 Å². The number of carbonyl (C=O) groups is 4. The minimum atomic E-state index is -1.25. The molecule has 156 valence electrons. The third-order valence-electron chi connectivity index (χ3n) is 4.69. The van der Waals surface area contributed by atoms with Crippen LogP contribution in [0.3, 0.4) is 0 Å². The van der Waals surface area contributed by atoms with E-state index in [1.807, 2.05) is 0 Å². The van der Waals surface area contributed by atoms with E-state index in [1.54, 1.807) is 17.5 Å². The molecule has 3 amide bonds. The first-order valence-electron chi connectivity index (χ1n) is 8.82. The van der Waals surface area contributed by atoms with Crippen molar-refractivity contribution in [3.05, 3.63) is 61.8 Å². The predicted molar refractivity (Wildman–Crippen MR) is 105 cm³/mol. The van der Waals surface area contributed by atoms with Crippen molar-refractivity contribution in [3.8, 4) is 0 Å². The summed E-state index contributed by atoms with van der Waals surface area (Å²) in [5, 5.41) is 15.7. The molecular weight excluding hydrogens is 414 g/mol. The Hall–Kier alpha value is -3.60. The van der Waals surface area contributed by atoms with Crippen LogP contribution in [0.1, 0.15) is 45.0 Å². The first kappa shape index (κ1) is 21.1. The lowest BCUT2D eigenvalue weighted by atomic mass is 10.1. The Bertz CT molecular complexity index is 1030. The van der Waals surface area contributed by atoms with Crippen molar-refractivity contribution in [3.63, 3.8) is 0 Å². The number of ether oxygens (including phenoxy) is 1. The van der Waals surface area contributed by atoms with Gasteiger partial charge in [-0.25, -0.2) is 0 Å². The number of fused-ring (bicyclic) bond motifs is 1. The summed E-state index contributed by atoms with van der Waals surface area (Å²) >= 11 is 1.32. The lowest BCUT2D eigenvalue weighted by molar-refractivity contribution is -0.385. The second-order valence-corrected chi connectivity index (χ2v) is 7.45. The summed E-state index contributed by atoms with van der Waals surface area (Å²) in [6, 6.07) is 5.26. The molecule has 1 aromatic carbocycles. The molecule has 10 nitrogen and oxygen atoms in total. The Balaban J connectivity index is 1.84. The molecule has 2 atom stereocenters. The third kappa shape index (κ3) is 3.79. The molecule has 2 unspecified atom stereocenters. The van der Waals surface area contributed by atoms with Gasteiger partial charge in [-0.15, -0.1) is 11.3 Å². The molecule has 1 N–H and O–H groups in total. The number of amides is 3. The van der Waals surface area contributed by atoms with Crippen molar-refractivity contribution in [1.82, 2.24) is 10.2 Å². The molecule has 11 heteroatoms. The number of hydrogen-bond donors (Lipinski definition) is 1. The molecular formula is C19H17N3O7S. The highest BCUT2D eigenvalue weighted by molar-refractivity contribution is 7.10. The second kappa shape index (κ2) is 8.41. The number of nitrogens with one attached hydrogen (secondary N) is 1. The maximum Gasteiger partial charge on any atom is 0.307 e. The van der Waals surface area contributed by atoms with Gasteiger partial charge in [-0.05, 0) is 24.4 Å². The van der Waals surface area contributed by atoms with Crippen molar-refractivity contribution < 1.29 is 28.8 Å². The summed E-state index contributed by atoms with van der Waals surface area (Å²) in [5.74, 6) is -2.93. The molecule has 0 radical (unpaired) electrons. The number of carbonyl (C=O) groups excluding carboxylic acids is 4. The third-order valence-corrected chi connectivity index (χ3v) is 5.68. The van der Waals surface area contributed by atoms with E-state index in [0.717, 1.165) is 6.07 Å². The molecule has 3 rings (SSSR count). The summed E-state index contributed by atoms with van der Waals surface area (Å²) in [6.07, 6.45) is -0.136. The highest BCUT2D eigenvalue weighted by Gasteiger charge is 2.45. The number of rotatable bonds is 7. The van der Waals surface area contributed by atoms with Crippen LogP contribution in [-0.2, 0) is 14.3 Å². The number of nitro benzene ring substituents is 1. The topological polar surface area (TPSA) is 136 Å². The molecule has 1 aliphatic rings. The fourth-order valence-electron chi connectivity index (χ4n) is 3.16.